The number of rotatable bonds is 4. The molecule has 2 aromatic rings. The lowest BCUT2D eigenvalue weighted by molar-refractivity contribution is 0.589. The molecule has 100 valence electrons. The number of anilines is 3. The predicted molar refractivity (Wildman–Crippen MR) is 73.5 cm³/mol. The third-order valence-electron chi connectivity index (χ3n) is 2.25. The first-order valence-electron chi connectivity index (χ1n) is 5.57. The Labute approximate surface area is 117 Å². The van der Waals surface area contributed by atoms with E-state index in [9.17, 15) is 8.78 Å². The second-order valence-corrected chi connectivity index (χ2v) is 4.60. The molecular formula is C12H11BrF2N4. The zero-order valence-corrected chi connectivity index (χ0v) is 11.6. The molecule has 19 heavy (non-hydrogen) atoms. The maximum atomic E-state index is 13.6. The Morgan fingerprint density at radius 1 is 1.16 bits per heavy atom. The molecule has 0 aliphatic heterocycles. The Morgan fingerprint density at radius 2 is 1.79 bits per heavy atom. The normalized spacial score (nSPS) is 10.3. The Hall–Kier alpha value is -1.76. The van der Waals surface area contributed by atoms with Gasteiger partial charge in [0.1, 0.15) is 11.5 Å². The number of aromatic nitrogens is 2. The van der Waals surface area contributed by atoms with Gasteiger partial charge in [0, 0.05) is 11.0 Å². The zero-order valence-electron chi connectivity index (χ0n) is 10.0. The minimum Gasteiger partial charge on any atom is -0.369 e. The molecule has 4 nitrogen and oxygen atoms in total. The fraction of sp³-hybridized carbons (Fsp3) is 0.167. The molecule has 0 aliphatic rings. The van der Waals surface area contributed by atoms with Gasteiger partial charge in [-0.05, 0) is 19.1 Å². The predicted octanol–water partition coefficient (Wildman–Crippen LogP) is 3.69. The van der Waals surface area contributed by atoms with Crippen molar-refractivity contribution in [2.24, 2.45) is 0 Å². The fourth-order valence-electron chi connectivity index (χ4n) is 1.48. The molecule has 7 heteroatoms. The quantitative estimate of drug-likeness (QED) is 0.898. The van der Waals surface area contributed by atoms with Crippen molar-refractivity contribution in [3.8, 4) is 0 Å². The third kappa shape index (κ3) is 3.37. The van der Waals surface area contributed by atoms with E-state index in [2.05, 4.69) is 36.5 Å². The molecule has 0 saturated heterocycles. The van der Waals surface area contributed by atoms with E-state index >= 15 is 0 Å². The summed E-state index contributed by atoms with van der Waals surface area (Å²) in [4.78, 5) is 8.07. The van der Waals surface area contributed by atoms with Crippen LogP contribution in [-0.2, 0) is 0 Å². The Balaban J connectivity index is 2.28. The van der Waals surface area contributed by atoms with E-state index in [1.807, 2.05) is 6.92 Å². The minimum atomic E-state index is -0.706. The van der Waals surface area contributed by atoms with Crippen LogP contribution in [0.4, 0.5) is 26.1 Å². The summed E-state index contributed by atoms with van der Waals surface area (Å²) in [6.07, 6.45) is 2.92. The first-order chi connectivity index (χ1) is 9.10. The molecule has 0 atom stereocenters. The molecule has 0 aliphatic carbocycles. The smallest absolute Gasteiger partial charge is 0.151 e. The molecule has 1 aromatic carbocycles. The van der Waals surface area contributed by atoms with Crippen LogP contribution in [0, 0.1) is 11.6 Å². The molecule has 1 aromatic heterocycles. The van der Waals surface area contributed by atoms with Crippen molar-refractivity contribution < 1.29 is 8.78 Å². The second kappa shape index (κ2) is 5.92. The van der Waals surface area contributed by atoms with Gasteiger partial charge < -0.3 is 10.6 Å². The fourth-order valence-corrected chi connectivity index (χ4v) is 1.88. The molecular weight excluding hydrogens is 318 g/mol. The number of nitrogens with one attached hydrogen (secondary N) is 2. The van der Waals surface area contributed by atoms with Crippen LogP contribution in [0.2, 0.25) is 0 Å². The lowest BCUT2D eigenvalue weighted by atomic mass is 10.3. The highest BCUT2D eigenvalue weighted by Crippen LogP contribution is 2.26. The molecule has 2 N–H and O–H groups in total. The summed E-state index contributed by atoms with van der Waals surface area (Å²) < 4.78 is 27.6. The van der Waals surface area contributed by atoms with Gasteiger partial charge in [-0.25, -0.2) is 13.8 Å². The van der Waals surface area contributed by atoms with Gasteiger partial charge in [-0.15, -0.1) is 0 Å². The van der Waals surface area contributed by atoms with E-state index in [-0.39, 0.29) is 11.5 Å². The number of benzene rings is 1. The van der Waals surface area contributed by atoms with Crippen LogP contribution < -0.4 is 10.6 Å². The van der Waals surface area contributed by atoms with E-state index in [0.29, 0.717) is 16.8 Å². The first-order valence-corrected chi connectivity index (χ1v) is 6.37. The number of halogens is 3. The molecule has 0 radical (unpaired) electrons. The zero-order chi connectivity index (χ0) is 13.8. The number of nitrogens with zero attached hydrogens (tertiary/aromatic N) is 2. The number of hydrogen-bond donors (Lipinski definition) is 2. The molecule has 0 bridgehead atoms. The molecule has 0 unspecified atom stereocenters. The summed E-state index contributed by atoms with van der Waals surface area (Å²) in [5, 5.41) is 5.55. The summed E-state index contributed by atoms with van der Waals surface area (Å²) >= 11 is 3.02. The molecule has 0 spiro atoms. The highest BCUT2D eigenvalue weighted by atomic mass is 79.9. The van der Waals surface area contributed by atoms with Gasteiger partial charge in [0.15, 0.2) is 17.5 Å². The monoisotopic (exact) mass is 328 g/mol. The molecule has 0 amide bonds. The van der Waals surface area contributed by atoms with Crippen LogP contribution in [0.1, 0.15) is 6.92 Å². The highest BCUT2D eigenvalue weighted by Gasteiger charge is 2.11. The van der Waals surface area contributed by atoms with E-state index in [1.54, 1.807) is 0 Å². The van der Waals surface area contributed by atoms with Crippen LogP contribution >= 0.6 is 15.9 Å². The molecule has 2 rings (SSSR count). The van der Waals surface area contributed by atoms with Crippen molar-refractivity contribution in [1.29, 1.82) is 0 Å². The largest absolute Gasteiger partial charge is 0.369 e. The third-order valence-corrected chi connectivity index (χ3v) is 2.71. The van der Waals surface area contributed by atoms with Crippen LogP contribution in [-0.4, -0.2) is 16.5 Å². The van der Waals surface area contributed by atoms with Crippen molar-refractivity contribution in [1.82, 2.24) is 9.97 Å². The van der Waals surface area contributed by atoms with Crippen LogP contribution in [0.5, 0.6) is 0 Å². The second-order valence-electron chi connectivity index (χ2n) is 3.69. The van der Waals surface area contributed by atoms with E-state index in [0.717, 1.165) is 0 Å². The Morgan fingerprint density at radius 3 is 2.42 bits per heavy atom. The average molecular weight is 329 g/mol. The van der Waals surface area contributed by atoms with Crippen molar-refractivity contribution >= 4 is 33.3 Å². The van der Waals surface area contributed by atoms with Crippen molar-refractivity contribution in [3.63, 3.8) is 0 Å². The van der Waals surface area contributed by atoms with Crippen LogP contribution in [0.3, 0.4) is 0 Å². The van der Waals surface area contributed by atoms with Gasteiger partial charge in [-0.2, -0.15) is 0 Å². The average Bonchev–Trinajstić information content (AvgIpc) is 2.35. The minimum absolute atomic E-state index is 0.258. The van der Waals surface area contributed by atoms with Crippen LogP contribution in [0.25, 0.3) is 0 Å². The van der Waals surface area contributed by atoms with Gasteiger partial charge in [0.05, 0.1) is 12.4 Å². The van der Waals surface area contributed by atoms with Gasteiger partial charge in [0.25, 0.3) is 0 Å². The maximum Gasteiger partial charge on any atom is 0.151 e. The Kier molecular flexibility index (Phi) is 4.26. The lowest BCUT2D eigenvalue weighted by Gasteiger charge is -2.09. The summed E-state index contributed by atoms with van der Waals surface area (Å²) in [5.74, 6) is -0.617. The van der Waals surface area contributed by atoms with Gasteiger partial charge >= 0.3 is 0 Å². The first kappa shape index (κ1) is 13.7. The van der Waals surface area contributed by atoms with Crippen molar-refractivity contribution in [2.75, 3.05) is 17.2 Å². The van der Waals surface area contributed by atoms with E-state index < -0.39 is 11.6 Å². The van der Waals surface area contributed by atoms with E-state index in [4.69, 9.17) is 0 Å². The highest BCUT2D eigenvalue weighted by molar-refractivity contribution is 9.10. The van der Waals surface area contributed by atoms with Crippen LogP contribution in [0.15, 0.2) is 29.0 Å². The molecule has 1 heterocycles. The van der Waals surface area contributed by atoms with E-state index in [1.165, 1.54) is 24.5 Å². The Bertz CT molecular complexity index is 569. The van der Waals surface area contributed by atoms with Gasteiger partial charge in [0.2, 0.25) is 0 Å². The lowest BCUT2D eigenvalue weighted by Crippen LogP contribution is -2.04. The van der Waals surface area contributed by atoms with Crippen molar-refractivity contribution in [2.45, 2.75) is 6.92 Å². The number of hydrogen-bond acceptors (Lipinski definition) is 4. The van der Waals surface area contributed by atoms with Gasteiger partial charge in [-0.1, -0.05) is 15.9 Å². The standard InChI is InChI=1S/C12H11BrF2N4/c1-2-17-10-5-16-6-11(18-10)19-12-8(14)3-7(13)4-9(12)15/h3-6H,2H2,1H3,(H2,17,18,19). The summed E-state index contributed by atoms with van der Waals surface area (Å²) in [6, 6.07) is 2.35. The van der Waals surface area contributed by atoms with Gasteiger partial charge in [-0.3, -0.25) is 4.98 Å². The molecule has 0 fully saturated rings. The SMILES string of the molecule is CCNc1cncc(Nc2c(F)cc(Br)cc2F)n1. The summed E-state index contributed by atoms with van der Waals surface area (Å²) in [5.41, 5.74) is -0.258. The van der Waals surface area contributed by atoms with Crippen molar-refractivity contribution in [3.05, 3.63) is 40.6 Å². The summed E-state index contributed by atoms with van der Waals surface area (Å²) in [7, 11) is 0. The topological polar surface area (TPSA) is 49.8 Å². The maximum absolute atomic E-state index is 13.6. The summed E-state index contributed by atoms with van der Waals surface area (Å²) in [6.45, 7) is 2.59. The molecule has 0 saturated carbocycles.